The summed E-state index contributed by atoms with van der Waals surface area (Å²) in [7, 11) is 0. The summed E-state index contributed by atoms with van der Waals surface area (Å²) in [5, 5.41) is 5.51. The Morgan fingerprint density at radius 2 is 1.95 bits per heavy atom. The molecule has 0 spiro atoms. The predicted molar refractivity (Wildman–Crippen MR) is 76.8 cm³/mol. The Kier molecular flexibility index (Phi) is 4.61. The van der Waals surface area contributed by atoms with E-state index in [-0.39, 0.29) is 11.9 Å². The summed E-state index contributed by atoms with van der Waals surface area (Å²) in [4.78, 5) is 23.5. The van der Waals surface area contributed by atoms with E-state index in [1.165, 1.54) is 0 Å². The zero-order valence-electron chi connectivity index (χ0n) is 11.6. The number of carbonyl (C=O) groups excluding carboxylic acids is 2. The van der Waals surface area contributed by atoms with E-state index in [4.69, 9.17) is 5.73 Å². The van der Waals surface area contributed by atoms with E-state index < -0.39 is 12.1 Å². The van der Waals surface area contributed by atoms with Gasteiger partial charge < -0.3 is 16.4 Å². The van der Waals surface area contributed by atoms with Crippen LogP contribution in [0.5, 0.6) is 0 Å². The molecule has 1 aromatic rings. The van der Waals surface area contributed by atoms with Gasteiger partial charge in [-0.1, -0.05) is 37.3 Å². The van der Waals surface area contributed by atoms with Gasteiger partial charge in [0.2, 0.25) is 5.91 Å². The molecule has 20 heavy (non-hydrogen) atoms. The number of amides is 3. The minimum atomic E-state index is -0.732. The maximum Gasteiger partial charge on any atom is 0.313 e. The average Bonchev–Trinajstić information content (AvgIpc) is 2.82. The first-order chi connectivity index (χ1) is 9.56. The largest absolute Gasteiger partial charge is 0.352 e. The van der Waals surface area contributed by atoms with E-state index in [9.17, 15) is 9.59 Å². The highest BCUT2D eigenvalue weighted by Crippen LogP contribution is 2.25. The molecule has 3 atom stereocenters. The molecule has 1 fully saturated rings. The van der Waals surface area contributed by atoms with Crippen molar-refractivity contribution in [2.24, 2.45) is 11.7 Å². The molecule has 1 aliphatic rings. The maximum absolute atomic E-state index is 12.4. The van der Waals surface area contributed by atoms with Crippen molar-refractivity contribution in [1.29, 1.82) is 0 Å². The number of hydrogen-bond acceptors (Lipinski definition) is 2. The maximum atomic E-state index is 12.4. The lowest BCUT2D eigenvalue weighted by Gasteiger charge is -2.20. The molecule has 5 nitrogen and oxygen atoms in total. The van der Waals surface area contributed by atoms with E-state index in [2.05, 4.69) is 17.6 Å². The van der Waals surface area contributed by atoms with Crippen LogP contribution < -0.4 is 16.4 Å². The Hall–Kier alpha value is -2.04. The molecule has 3 unspecified atom stereocenters. The van der Waals surface area contributed by atoms with Gasteiger partial charge in [0.1, 0.15) is 6.04 Å². The topological polar surface area (TPSA) is 84.2 Å². The van der Waals surface area contributed by atoms with Crippen LogP contribution in [0, 0.1) is 5.92 Å². The van der Waals surface area contributed by atoms with Gasteiger partial charge in [-0.3, -0.25) is 4.79 Å². The zero-order valence-corrected chi connectivity index (χ0v) is 11.6. The molecule has 0 aliphatic heterocycles. The van der Waals surface area contributed by atoms with Crippen molar-refractivity contribution in [2.75, 3.05) is 0 Å². The standard InChI is InChI=1S/C15H21N3O2/c1-10-7-8-12(9-10)17-14(19)13(18-15(16)20)11-5-3-2-4-6-11/h2-6,10,12-13H,7-9H2,1H3,(H,17,19)(H3,16,18,20). The second-order valence-corrected chi connectivity index (χ2v) is 5.48. The molecular formula is C15H21N3O2. The molecule has 0 saturated heterocycles. The molecule has 4 N–H and O–H groups in total. The van der Waals surface area contributed by atoms with Crippen LogP contribution in [0.4, 0.5) is 4.79 Å². The number of hydrogen-bond donors (Lipinski definition) is 3. The zero-order chi connectivity index (χ0) is 14.5. The third-order valence-corrected chi connectivity index (χ3v) is 3.72. The van der Waals surface area contributed by atoms with Gasteiger partial charge in [-0.2, -0.15) is 0 Å². The summed E-state index contributed by atoms with van der Waals surface area (Å²) < 4.78 is 0. The van der Waals surface area contributed by atoms with E-state index >= 15 is 0 Å². The SMILES string of the molecule is CC1CCC(NC(=O)C(NC(N)=O)c2ccccc2)C1. The van der Waals surface area contributed by atoms with Crippen molar-refractivity contribution in [2.45, 2.75) is 38.3 Å². The van der Waals surface area contributed by atoms with Crippen LogP contribution in [0.1, 0.15) is 37.8 Å². The highest BCUT2D eigenvalue weighted by Gasteiger charge is 2.27. The van der Waals surface area contributed by atoms with Crippen LogP contribution in [-0.4, -0.2) is 18.0 Å². The van der Waals surface area contributed by atoms with Crippen LogP contribution in [0.3, 0.4) is 0 Å². The van der Waals surface area contributed by atoms with Crippen molar-refractivity contribution in [3.8, 4) is 0 Å². The van der Waals surface area contributed by atoms with Gasteiger partial charge in [0, 0.05) is 6.04 Å². The molecule has 108 valence electrons. The number of nitrogens with one attached hydrogen (secondary N) is 2. The Morgan fingerprint density at radius 3 is 2.50 bits per heavy atom. The van der Waals surface area contributed by atoms with Crippen molar-refractivity contribution in [3.63, 3.8) is 0 Å². The van der Waals surface area contributed by atoms with Crippen molar-refractivity contribution >= 4 is 11.9 Å². The van der Waals surface area contributed by atoms with E-state index in [0.717, 1.165) is 24.8 Å². The van der Waals surface area contributed by atoms with Gasteiger partial charge >= 0.3 is 6.03 Å². The van der Waals surface area contributed by atoms with Gasteiger partial charge in [0.05, 0.1) is 0 Å². The Labute approximate surface area is 118 Å². The summed E-state index contributed by atoms with van der Waals surface area (Å²) in [5.74, 6) is 0.439. The smallest absolute Gasteiger partial charge is 0.313 e. The third-order valence-electron chi connectivity index (χ3n) is 3.72. The molecule has 0 heterocycles. The number of nitrogens with two attached hydrogens (primary N) is 1. The van der Waals surface area contributed by atoms with Crippen LogP contribution in [-0.2, 0) is 4.79 Å². The molecular weight excluding hydrogens is 254 g/mol. The lowest BCUT2D eigenvalue weighted by Crippen LogP contribution is -2.45. The summed E-state index contributed by atoms with van der Waals surface area (Å²) in [6.45, 7) is 2.18. The number of primary amides is 1. The van der Waals surface area contributed by atoms with Crippen LogP contribution in [0.15, 0.2) is 30.3 Å². The summed E-state index contributed by atoms with van der Waals surface area (Å²) >= 11 is 0. The Bertz CT molecular complexity index is 475. The van der Waals surface area contributed by atoms with Crippen molar-refractivity contribution < 1.29 is 9.59 Å². The Morgan fingerprint density at radius 1 is 1.25 bits per heavy atom. The van der Waals surface area contributed by atoms with Gasteiger partial charge in [-0.05, 0) is 30.7 Å². The molecule has 0 radical (unpaired) electrons. The van der Waals surface area contributed by atoms with Gasteiger partial charge in [0.15, 0.2) is 0 Å². The number of urea groups is 1. The van der Waals surface area contributed by atoms with Crippen LogP contribution in [0.2, 0.25) is 0 Å². The molecule has 5 heteroatoms. The van der Waals surface area contributed by atoms with Gasteiger partial charge in [0.25, 0.3) is 0 Å². The monoisotopic (exact) mass is 275 g/mol. The predicted octanol–water partition coefficient (Wildman–Crippen LogP) is 1.70. The lowest BCUT2D eigenvalue weighted by atomic mass is 10.1. The first kappa shape index (κ1) is 14.4. The quantitative estimate of drug-likeness (QED) is 0.781. The summed E-state index contributed by atoms with van der Waals surface area (Å²) in [6.07, 6.45) is 3.11. The minimum absolute atomic E-state index is 0.193. The highest BCUT2D eigenvalue weighted by atomic mass is 16.2. The fourth-order valence-electron chi connectivity index (χ4n) is 2.71. The van der Waals surface area contributed by atoms with Gasteiger partial charge in [-0.15, -0.1) is 0 Å². The number of benzene rings is 1. The highest BCUT2D eigenvalue weighted by molar-refractivity contribution is 5.87. The molecule has 2 rings (SSSR count). The van der Waals surface area contributed by atoms with E-state index in [0.29, 0.717) is 5.92 Å². The second-order valence-electron chi connectivity index (χ2n) is 5.48. The fraction of sp³-hybridized carbons (Fsp3) is 0.467. The normalized spacial score (nSPS) is 23.1. The summed E-state index contributed by atoms with van der Waals surface area (Å²) in [5.41, 5.74) is 5.90. The first-order valence-electron chi connectivity index (χ1n) is 6.97. The van der Waals surface area contributed by atoms with Crippen LogP contribution in [0.25, 0.3) is 0 Å². The van der Waals surface area contributed by atoms with Crippen molar-refractivity contribution in [3.05, 3.63) is 35.9 Å². The van der Waals surface area contributed by atoms with Crippen molar-refractivity contribution in [1.82, 2.24) is 10.6 Å². The van der Waals surface area contributed by atoms with Crippen LogP contribution >= 0.6 is 0 Å². The first-order valence-corrected chi connectivity index (χ1v) is 6.97. The number of rotatable bonds is 4. The lowest BCUT2D eigenvalue weighted by molar-refractivity contribution is -0.123. The fourth-order valence-corrected chi connectivity index (χ4v) is 2.71. The van der Waals surface area contributed by atoms with Gasteiger partial charge in [-0.25, -0.2) is 4.79 Å². The molecule has 1 saturated carbocycles. The average molecular weight is 275 g/mol. The minimum Gasteiger partial charge on any atom is -0.352 e. The van der Waals surface area contributed by atoms with E-state index in [1.54, 1.807) is 12.1 Å². The molecule has 0 bridgehead atoms. The number of carbonyl (C=O) groups is 2. The molecule has 1 aliphatic carbocycles. The summed E-state index contributed by atoms with van der Waals surface area (Å²) in [6, 6.07) is 7.89. The van der Waals surface area contributed by atoms with E-state index in [1.807, 2.05) is 18.2 Å². The molecule has 1 aromatic carbocycles. The molecule has 3 amide bonds. The molecule has 0 aromatic heterocycles. The third kappa shape index (κ3) is 3.73. The Balaban J connectivity index is 2.06. The second kappa shape index (κ2) is 6.41.